The van der Waals surface area contributed by atoms with Crippen molar-refractivity contribution >= 4 is 11.7 Å². The first kappa shape index (κ1) is 10.8. The molecule has 0 bridgehead atoms. The van der Waals surface area contributed by atoms with Crippen LogP contribution in [0.2, 0.25) is 0 Å². The van der Waals surface area contributed by atoms with Crippen LogP contribution in [0.1, 0.15) is 16.1 Å². The summed E-state index contributed by atoms with van der Waals surface area (Å²) in [5.41, 5.74) is 3.97. The van der Waals surface area contributed by atoms with Gasteiger partial charge in [-0.15, -0.1) is 0 Å². The molecule has 0 radical (unpaired) electrons. The zero-order valence-corrected chi connectivity index (χ0v) is 10.2. The number of hydrogen-bond donors (Lipinski definition) is 1. The second-order valence-corrected chi connectivity index (χ2v) is 4.48. The molecule has 1 aromatic carbocycles. The highest BCUT2D eigenvalue weighted by atomic mass is 16.4. The number of carbonyl (C=O) groups is 1. The predicted octanol–water partition coefficient (Wildman–Crippen LogP) is 1.74. The van der Waals surface area contributed by atoms with Gasteiger partial charge in [0.2, 0.25) is 0 Å². The summed E-state index contributed by atoms with van der Waals surface area (Å²) < 4.78 is 1.66. The van der Waals surface area contributed by atoms with Crippen molar-refractivity contribution in [1.82, 2.24) is 9.78 Å². The fourth-order valence-corrected chi connectivity index (χ4v) is 2.56. The van der Waals surface area contributed by atoms with Crippen LogP contribution in [0.5, 0.6) is 0 Å². The number of fused-ring (bicyclic) bond motifs is 3. The van der Waals surface area contributed by atoms with E-state index < -0.39 is 5.97 Å². The van der Waals surface area contributed by atoms with Crippen LogP contribution in [0.25, 0.3) is 11.3 Å². The van der Waals surface area contributed by atoms with Gasteiger partial charge in [0.15, 0.2) is 5.69 Å². The number of carboxylic acid groups (broad SMARTS) is 1. The van der Waals surface area contributed by atoms with Crippen molar-refractivity contribution in [2.45, 2.75) is 6.54 Å². The van der Waals surface area contributed by atoms with Gasteiger partial charge in [-0.3, -0.25) is 4.68 Å². The highest BCUT2D eigenvalue weighted by Gasteiger charge is 2.28. The number of para-hydroxylation sites is 1. The third kappa shape index (κ3) is 1.33. The minimum absolute atomic E-state index is 0.147. The molecule has 0 unspecified atom stereocenters. The molecule has 0 saturated carbocycles. The Morgan fingerprint density at radius 1 is 1.33 bits per heavy atom. The summed E-state index contributed by atoms with van der Waals surface area (Å²) in [6, 6.07) is 7.97. The number of aromatic carboxylic acids is 1. The van der Waals surface area contributed by atoms with Crippen LogP contribution < -0.4 is 4.90 Å². The summed E-state index contributed by atoms with van der Waals surface area (Å²) in [5, 5.41) is 13.3. The minimum atomic E-state index is -0.973. The van der Waals surface area contributed by atoms with E-state index in [2.05, 4.69) is 5.10 Å². The average molecular weight is 243 g/mol. The van der Waals surface area contributed by atoms with E-state index >= 15 is 0 Å². The van der Waals surface area contributed by atoms with Crippen molar-refractivity contribution in [3.63, 3.8) is 0 Å². The first-order valence-corrected chi connectivity index (χ1v) is 5.69. The molecule has 5 heteroatoms. The zero-order valence-electron chi connectivity index (χ0n) is 10.2. The number of hydrogen-bond acceptors (Lipinski definition) is 3. The highest BCUT2D eigenvalue weighted by Crippen LogP contribution is 2.39. The van der Waals surface area contributed by atoms with E-state index in [0.29, 0.717) is 6.54 Å². The van der Waals surface area contributed by atoms with Gasteiger partial charge in [-0.1, -0.05) is 18.2 Å². The number of nitrogens with zero attached hydrogens (tertiary/aromatic N) is 3. The molecule has 5 nitrogen and oxygen atoms in total. The Bertz CT molecular complexity index is 646. The maximum Gasteiger partial charge on any atom is 0.356 e. The smallest absolute Gasteiger partial charge is 0.356 e. The molecule has 0 fully saturated rings. The summed E-state index contributed by atoms with van der Waals surface area (Å²) in [6.45, 7) is 0.571. The first-order chi connectivity index (χ1) is 8.59. The fourth-order valence-electron chi connectivity index (χ4n) is 2.56. The number of carboxylic acids is 1. The Labute approximate surface area is 104 Å². The number of benzene rings is 1. The van der Waals surface area contributed by atoms with E-state index in [1.165, 1.54) is 0 Å². The number of aryl methyl sites for hydroxylation is 1. The van der Waals surface area contributed by atoms with Crippen LogP contribution in [-0.2, 0) is 13.6 Å². The Balaban J connectivity index is 2.32. The Kier molecular flexibility index (Phi) is 2.16. The lowest BCUT2D eigenvalue weighted by Gasteiger charge is -2.27. The molecule has 0 aliphatic carbocycles. The molecule has 0 amide bonds. The van der Waals surface area contributed by atoms with Gasteiger partial charge in [-0.25, -0.2) is 4.79 Å². The Morgan fingerprint density at radius 2 is 2.06 bits per heavy atom. The van der Waals surface area contributed by atoms with Crippen molar-refractivity contribution in [2.24, 2.45) is 7.05 Å². The first-order valence-electron chi connectivity index (χ1n) is 5.69. The van der Waals surface area contributed by atoms with Gasteiger partial charge in [-0.05, 0) is 6.07 Å². The lowest BCUT2D eigenvalue weighted by molar-refractivity contribution is 0.0688. The van der Waals surface area contributed by atoms with Crippen molar-refractivity contribution in [1.29, 1.82) is 0 Å². The van der Waals surface area contributed by atoms with Gasteiger partial charge in [0.05, 0.1) is 5.69 Å². The van der Waals surface area contributed by atoms with Crippen molar-refractivity contribution in [3.05, 3.63) is 35.5 Å². The van der Waals surface area contributed by atoms with E-state index in [1.807, 2.05) is 36.2 Å². The van der Waals surface area contributed by atoms with Gasteiger partial charge < -0.3 is 10.0 Å². The monoisotopic (exact) mass is 243 g/mol. The van der Waals surface area contributed by atoms with E-state index in [9.17, 15) is 9.90 Å². The number of anilines is 1. The van der Waals surface area contributed by atoms with Gasteiger partial charge in [-0.2, -0.15) is 5.10 Å². The molecule has 0 saturated heterocycles. The summed E-state index contributed by atoms with van der Waals surface area (Å²) in [4.78, 5) is 13.3. The maximum atomic E-state index is 11.2. The summed E-state index contributed by atoms with van der Waals surface area (Å²) in [5.74, 6) is -0.973. The van der Waals surface area contributed by atoms with Gasteiger partial charge >= 0.3 is 5.97 Å². The summed E-state index contributed by atoms with van der Waals surface area (Å²) in [6.07, 6.45) is 0. The fraction of sp³-hybridized carbons (Fsp3) is 0.231. The van der Waals surface area contributed by atoms with Crippen LogP contribution in [-0.4, -0.2) is 27.9 Å². The molecule has 3 rings (SSSR count). The Hall–Kier alpha value is -2.30. The van der Waals surface area contributed by atoms with Crippen LogP contribution in [0.15, 0.2) is 24.3 Å². The van der Waals surface area contributed by atoms with Crippen molar-refractivity contribution in [2.75, 3.05) is 11.9 Å². The molecule has 1 aromatic heterocycles. The second-order valence-electron chi connectivity index (χ2n) is 4.48. The largest absolute Gasteiger partial charge is 0.476 e. The second kappa shape index (κ2) is 3.60. The summed E-state index contributed by atoms with van der Waals surface area (Å²) in [7, 11) is 3.74. The molecule has 1 aliphatic heterocycles. The molecule has 18 heavy (non-hydrogen) atoms. The Morgan fingerprint density at radius 3 is 2.78 bits per heavy atom. The third-order valence-electron chi connectivity index (χ3n) is 3.31. The molecule has 0 atom stereocenters. The lowest BCUT2D eigenvalue weighted by Crippen LogP contribution is -2.22. The van der Waals surface area contributed by atoms with Gasteiger partial charge in [0, 0.05) is 37.5 Å². The summed E-state index contributed by atoms with van der Waals surface area (Å²) >= 11 is 0. The normalized spacial score (nSPS) is 13.1. The molecular weight excluding hydrogens is 230 g/mol. The van der Waals surface area contributed by atoms with Gasteiger partial charge in [0.25, 0.3) is 0 Å². The molecule has 0 spiro atoms. The number of aromatic nitrogens is 2. The highest BCUT2D eigenvalue weighted by molar-refractivity contribution is 5.92. The van der Waals surface area contributed by atoms with Gasteiger partial charge in [0.1, 0.15) is 0 Å². The molecule has 1 N–H and O–H groups in total. The van der Waals surface area contributed by atoms with E-state index in [4.69, 9.17) is 0 Å². The molecule has 2 aromatic rings. The van der Waals surface area contributed by atoms with Crippen LogP contribution in [0.3, 0.4) is 0 Å². The van der Waals surface area contributed by atoms with E-state index in [-0.39, 0.29) is 5.69 Å². The molecule has 2 heterocycles. The van der Waals surface area contributed by atoms with E-state index in [0.717, 1.165) is 22.5 Å². The van der Waals surface area contributed by atoms with Crippen LogP contribution in [0, 0.1) is 0 Å². The van der Waals surface area contributed by atoms with Crippen LogP contribution in [0.4, 0.5) is 5.69 Å². The maximum absolute atomic E-state index is 11.2. The topological polar surface area (TPSA) is 58.4 Å². The zero-order chi connectivity index (χ0) is 12.9. The van der Waals surface area contributed by atoms with E-state index in [1.54, 1.807) is 11.7 Å². The van der Waals surface area contributed by atoms with Crippen molar-refractivity contribution in [3.8, 4) is 11.3 Å². The molecule has 1 aliphatic rings. The third-order valence-corrected chi connectivity index (χ3v) is 3.31. The van der Waals surface area contributed by atoms with Crippen molar-refractivity contribution < 1.29 is 9.90 Å². The minimum Gasteiger partial charge on any atom is -0.476 e. The number of rotatable bonds is 1. The standard InChI is InChI=1S/C13H13N3O2/c1-15-7-9-11(13(17)18)14-16(2)12(9)8-5-3-4-6-10(8)15/h3-6H,7H2,1-2H3,(H,17,18). The van der Waals surface area contributed by atoms with Crippen LogP contribution >= 0.6 is 0 Å². The average Bonchev–Trinajstić information content (AvgIpc) is 2.67. The quantitative estimate of drug-likeness (QED) is 0.828. The SMILES string of the molecule is CN1Cc2c(C(=O)O)nn(C)c2-c2ccccc21. The molecule has 92 valence electrons. The predicted molar refractivity (Wildman–Crippen MR) is 67.7 cm³/mol. The molecular formula is C13H13N3O2. The lowest BCUT2D eigenvalue weighted by atomic mass is 9.98.